The van der Waals surface area contributed by atoms with Gasteiger partial charge < -0.3 is 5.73 Å². The normalized spacial score (nSPS) is 10.0. The third kappa shape index (κ3) is 2.38. The highest BCUT2D eigenvalue weighted by molar-refractivity contribution is 9.10. The van der Waals surface area contributed by atoms with Crippen molar-refractivity contribution in [2.24, 2.45) is 0 Å². The quantitative estimate of drug-likeness (QED) is 0.798. The molecule has 0 saturated heterocycles. The molecule has 0 amide bonds. The van der Waals surface area contributed by atoms with Crippen LogP contribution < -0.4 is 5.73 Å². The summed E-state index contributed by atoms with van der Waals surface area (Å²) in [4.78, 5) is 5.05. The molecule has 1 aromatic rings. The fraction of sp³-hybridized carbons (Fsp3) is 0.286. The molecule has 2 N–H and O–H groups in total. The summed E-state index contributed by atoms with van der Waals surface area (Å²) < 4.78 is 0.975. The molecule has 11 heavy (non-hydrogen) atoms. The van der Waals surface area contributed by atoms with Crippen molar-refractivity contribution in [2.45, 2.75) is 11.8 Å². The first-order chi connectivity index (χ1) is 5.24. The SMILES string of the molecule is CCSc1cc(Br)cnc1N. The zero-order valence-corrected chi connectivity index (χ0v) is 8.58. The zero-order chi connectivity index (χ0) is 8.27. The van der Waals surface area contributed by atoms with E-state index in [2.05, 4.69) is 27.8 Å². The number of halogens is 1. The molecular formula is C7H9BrN2S. The van der Waals surface area contributed by atoms with Gasteiger partial charge in [0.1, 0.15) is 5.82 Å². The summed E-state index contributed by atoms with van der Waals surface area (Å²) in [6.45, 7) is 2.09. The van der Waals surface area contributed by atoms with E-state index in [0.29, 0.717) is 5.82 Å². The Morgan fingerprint density at radius 1 is 1.73 bits per heavy atom. The van der Waals surface area contributed by atoms with Crippen LogP contribution in [0.1, 0.15) is 6.92 Å². The van der Waals surface area contributed by atoms with E-state index in [1.807, 2.05) is 6.07 Å². The predicted molar refractivity (Wildman–Crippen MR) is 52.7 cm³/mol. The summed E-state index contributed by atoms with van der Waals surface area (Å²) >= 11 is 5.03. The predicted octanol–water partition coefficient (Wildman–Crippen LogP) is 2.54. The molecule has 0 aliphatic heterocycles. The van der Waals surface area contributed by atoms with Crippen LogP contribution >= 0.6 is 27.7 Å². The second kappa shape index (κ2) is 3.97. The van der Waals surface area contributed by atoms with Gasteiger partial charge in [-0.3, -0.25) is 0 Å². The maximum Gasteiger partial charge on any atom is 0.137 e. The molecule has 0 spiro atoms. The largest absolute Gasteiger partial charge is 0.383 e. The Labute approximate surface area is 78.7 Å². The van der Waals surface area contributed by atoms with Gasteiger partial charge in [0.05, 0.1) is 4.90 Å². The Hall–Kier alpha value is -0.220. The monoisotopic (exact) mass is 232 g/mol. The number of aromatic nitrogens is 1. The van der Waals surface area contributed by atoms with E-state index in [9.17, 15) is 0 Å². The van der Waals surface area contributed by atoms with E-state index in [1.54, 1.807) is 18.0 Å². The van der Waals surface area contributed by atoms with E-state index < -0.39 is 0 Å². The summed E-state index contributed by atoms with van der Waals surface area (Å²) in [7, 11) is 0. The second-order valence-electron chi connectivity index (χ2n) is 1.97. The van der Waals surface area contributed by atoms with Crippen molar-refractivity contribution in [1.82, 2.24) is 4.98 Å². The Bertz CT molecular complexity index is 252. The second-order valence-corrected chi connectivity index (χ2v) is 4.19. The van der Waals surface area contributed by atoms with E-state index in [0.717, 1.165) is 15.1 Å². The molecule has 1 heterocycles. The van der Waals surface area contributed by atoms with Gasteiger partial charge >= 0.3 is 0 Å². The summed E-state index contributed by atoms with van der Waals surface area (Å²) in [5.74, 6) is 1.63. The molecule has 0 saturated carbocycles. The van der Waals surface area contributed by atoms with Crippen molar-refractivity contribution < 1.29 is 0 Å². The highest BCUT2D eigenvalue weighted by Crippen LogP contribution is 2.25. The Morgan fingerprint density at radius 3 is 3.09 bits per heavy atom. The minimum absolute atomic E-state index is 0.611. The Morgan fingerprint density at radius 2 is 2.45 bits per heavy atom. The maximum atomic E-state index is 5.62. The lowest BCUT2D eigenvalue weighted by molar-refractivity contribution is 1.23. The molecule has 0 aromatic carbocycles. The van der Waals surface area contributed by atoms with Gasteiger partial charge in [-0.1, -0.05) is 6.92 Å². The highest BCUT2D eigenvalue weighted by atomic mass is 79.9. The van der Waals surface area contributed by atoms with Crippen LogP contribution in [0, 0.1) is 0 Å². The van der Waals surface area contributed by atoms with Crippen molar-refractivity contribution in [3.63, 3.8) is 0 Å². The minimum atomic E-state index is 0.611. The fourth-order valence-electron chi connectivity index (χ4n) is 0.702. The van der Waals surface area contributed by atoms with Gasteiger partial charge in [-0.05, 0) is 27.7 Å². The van der Waals surface area contributed by atoms with Crippen LogP contribution in [0.5, 0.6) is 0 Å². The molecular weight excluding hydrogens is 224 g/mol. The average Bonchev–Trinajstić information content (AvgIpc) is 1.98. The lowest BCUT2D eigenvalue weighted by atomic mass is 10.5. The summed E-state index contributed by atoms with van der Waals surface area (Å²) in [5, 5.41) is 0. The van der Waals surface area contributed by atoms with E-state index in [1.165, 1.54) is 0 Å². The lowest BCUT2D eigenvalue weighted by Gasteiger charge is -2.01. The van der Waals surface area contributed by atoms with Crippen molar-refractivity contribution >= 4 is 33.5 Å². The van der Waals surface area contributed by atoms with Crippen LogP contribution in [0.15, 0.2) is 21.6 Å². The molecule has 0 unspecified atom stereocenters. The van der Waals surface area contributed by atoms with Crippen LogP contribution in [0.25, 0.3) is 0 Å². The van der Waals surface area contributed by atoms with E-state index in [-0.39, 0.29) is 0 Å². The fourth-order valence-corrected chi connectivity index (χ4v) is 1.91. The number of nitrogen functional groups attached to an aromatic ring is 1. The van der Waals surface area contributed by atoms with Gasteiger partial charge in [0, 0.05) is 10.7 Å². The van der Waals surface area contributed by atoms with Crippen molar-refractivity contribution in [3.05, 3.63) is 16.7 Å². The van der Waals surface area contributed by atoms with Crippen LogP contribution in [0.3, 0.4) is 0 Å². The maximum absolute atomic E-state index is 5.62. The van der Waals surface area contributed by atoms with Gasteiger partial charge in [0.25, 0.3) is 0 Å². The Kier molecular flexibility index (Phi) is 3.20. The average molecular weight is 233 g/mol. The number of pyridine rings is 1. The van der Waals surface area contributed by atoms with Gasteiger partial charge in [-0.2, -0.15) is 0 Å². The van der Waals surface area contributed by atoms with Gasteiger partial charge in [-0.25, -0.2) is 4.98 Å². The molecule has 0 fully saturated rings. The van der Waals surface area contributed by atoms with Crippen LogP contribution in [-0.2, 0) is 0 Å². The van der Waals surface area contributed by atoms with Gasteiger partial charge in [0.15, 0.2) is 0 Å². The van der Waals surface area contributed by atoms with Crippen molar-refractivity contribution in [3.8, 4) is 0 Å². The summed E-state index contributed by atoms with van der Waals surface area (Å²) in [6.07, 6.45) is 1.70. The van der Waals surface area contributed by atoms with Crippen molar-refractivity contribution in [1.29, 1.82) is 0 Å². The zero-order valence-electron chi connectivity index (χ0n) is 6.17. The number of hydrogen-bond donors (Lipinski definition) is 1. The Balaban J connectivity index is 2.93. The number of thioether (sulfide) groups is 1. The molecule has 0 radical (unpaired) electrons. The molecule has 0 atom stereocenters. The smallest absolute Gasteiger partial charge is 0.137 e. The number of nitrogens with two attached hydrogens (primary N) is 1. The molecule has 1 aromatic heterocycles. The molecule has 0 aliphatic carbocycles. The van der Waals surface area contributed by atoms with E-state index >= 15 is 0 Å². The van der Waals surface area contributed by atoms with Gasteiger partial charge in [-0.15, -0.1) is 11.8 Å². The first-order valence-electron chi connectivity index (χ1n) is 3.28. The molecule has 0 aliphatic rings. The van der Waals surface area contributed by atoms with Crippen LogP contribution in [0.2, 0.25) is 0 Å². The number of hydrogen-bond acceptors (Lipinski definition) is 3. The van der Waals surface area contributed by atoms with Crippen LogP contribution in [0.4, 0.5) is 5.82 Å². The van der Waals surface area contributed by atoms with Gasteiger partial charge in [0.2, 0.25) is 0 Å². The number of anilines is 1. The minimum Gasteiger partial charge on any atom is -0.383 e. The number of nitrogens with zero attached hydrogens (tertiary/aromatic N) is 1. The molecule has 1 rings (SSSR count). The summed E-state index contributed by atoms with van der Waals surface area (Å²) in [5.41, 5.74) is 5.62. The van der Waals surface area contributed by atoms with Crippen LogP contribution in [-0.4, -0.2) is 10.7 Å². The first-order valence-corrected chi connectivity index (χ1v) is 5.05. The molecule has 60 valence electrons. The van der Waals surface area contributed by atoms with Crippen molar-refractivity contribution in [2.75, 3.05) is 11.5 Å². The number of rotatable bonds is 2. The van der Waals surface area contributed by atoms with E-state index in [4.69, 9.17) is 5.73 Å². The third-order valence-electron chi connectivity index (χ3n) is 1.15. The standard InChI is InChI=1S/C7H9BrN2S/c1-2-11-6-3-5(8)4-10-7(6)9/h3-4H,2H2,1H3,(H2,9,10). The molecule has 2 nitrogen and oxygen atoms in total. The first kappa shape index (κ1) is 8.87. The lowest BCUT2D eigenvalue weighted by Crippen LogP contribution is -1.92. The highest BCUT2D eigenvalue weighted by Gasteiger charge is 1.99. The topological polar surface area (TPSA) is 38.9 Å². The molecule has 0 bridgehead atoms. The third-order valence-corrected chi connectivity index (χ3v) is 2.51. The molecule has 4 heteroatoms. The summed E-state index contributed by atoms with van der Waals surface area (Å²) in [6, 6.07) is 1.98.